The molecule has 0 saturated carbocycles. The number of carbonyl (C=O) groups is 4. The molecule has 3 heterocycles. The summed E-state index contributed by atoms with van der Waals surface area (Å²) >= 11 is 15.1. The zero-order valence-corrected chi connectivity index (χ0v) is 27.1. The second-order valence-corrected chi connectivity index (χ2v) is 13.4. The summed E-state index contributed by atoms with van der Waals surface area (Å²) in [5.41, 5.74) is 2.63. The predicted molar refractivity (Wildman–Crippen MR) is 175 cm³/mol. The Morgan fingerprint density at radius 2 is 1.71 bits per heavy atom. The third-order valence-corrected chi connectivity index (χ3v) is 11.0. The molecule has 3 atom stereocenters. The molecule has 1 N–H and O–H groups in total. The number of thioether (sulfide) groups is 1. The number of rotatable bonds is 7. The highest BCUT2D eigenvalue weighted by molar-refractivity contribution is 8.00. The van der Waals surface area contributed by atoms with Crippen LogP contribution in [0.4, 0.5) is 11.4 Å². The monoisotopic (exact) mass is 681 g/mol. The molecule has 1 saturated heterocycles. The number of aromatic nitrogens is 1. The van der Waals surface area contributed by atoms with Crippen molar-refractivity contribution in [2.24, 2.45) is 5.92 Å². The molecule has 3 aromatic carbocycles. The molecule has 6 rings (SSSR count). The first-order valence-corrected chi connectivity index (χ1v) is 16.4. The van der Waals surface area contributed by atoms with Crippen molar-refractivity contribution in [3.8, 4) is 0 Å². The number of esters is 1. The Bertz CT molecular complexity index is 1920. The first-order valence-electron chi connectivity index (χ1n) is 13.9. The van der Waals surface area contributed by atoms with Gasteiger partial charge in [0, 0.05) is 16.5 Å². The van der Waals surface area contributed by atoms with Gasteiger partial charge in [-0.2, -0.15) is 0 Å². The number of benzene rings is 3. The molecular weight excluding hydrogens is 657 g/mol. The minimum atomic E-state index is -0.921. The van der Waals surface area contributed by atoms with Crippen LogP contribution in [0.3, 0.4) is 0 Å². The van der Waals surface area contributed by atoms with Gasteiger partial charge in [0.2, 0.25) is 17.7 Å². The van der Waals surface area contributed by atoms with Gasteiger partial charge in [0.05, 0.1) is 38.8 Å². The first-order chi connectivity index (χ1) is 21.6. The van der Waals surface area contributed by atoms with Crippen molar-refractivity contribution in [2.75, 3.05) is 16.8 Å². The van der Waals surface area contributed by atoms with Crippen LogP contribution >= 0.6 is 46.3 Å². The van der Waals surface area contributed by atoms with E-state index in [0.29, 0.717) is 26.8 Å². The highest BCUT2D eigenvalue weighted by atomic mass is 35.5. The summed E-state index contributed by atoms with van der Waals surface area (Å²) in [5.74, 6) is -3.59. The highest BCUT2D eigenvalue weighted by Crippen LogP contribution is 2.55. The van der Waals surface area contributed by atoms with Crippen molar-refractivity contribution in [3.05, 3.63) is 108 Å². The lowest BCUT2D eigenvalue weighted by Gasteiger charge is -2.31. The Labute approximate surface area is 276 Å². The van der Waals surface area contributed by atoms with Gasteiger partial charge in [0.1, 0.15) is 11.8 Å². The molecule has 13 heteroatoms. The molecule has 0 radical (unpaired) electrons. The van der Waals surface area contributed by atoms with Gasteiger partial charge in [0.15, 0.2) is 0 Å². The van der Waals surface area contributed by atoms with Gasteiger partial charge < -0.3 is 10.1 Å². The molecule has 45 heavy (non-hydrogen) atoms. The lowest BCUT2D eigenvalue weighted by molar-refractivity contribution is -0.122. The Morgan fingerprint density at radius 1 is 0.978 bits per heavy atom. The summed E-state index contributed by atoms with van der Waals surface area (Å²) in [4.78, 5) is 68.0. The van der Waals surface area contributed by atoms with E-state index in [1.807, 2.05) is 25.1 Å². The number of halogens is 2. The van der Waals surface area contributed by atoms with E-state index in [1.54, 1.807) is 31.2 Å². The summed E-state index contributed by atoms with van der Waals surface area (Å²) in [6, 6.07) is 18.4. The van der Waals surface area contributed by atoms with Crippen LogP contribution in [0.15, 0.2) is 76.6 Å². The third kappa shape index (κ3) is 5.69. The van der Waals surface area contributed by atoms with Gasteiger partial charge in [-0.25, -0.2) is 9.69 Å². The van der Waals surface area contributed by atoms with E-state index in [-0.39, 0.29) is 28.8 Å². The number of fused-ring (bicyclic) bond motifs is 2. The lowest BCUT2D eigenvalue weighted by atomic mass is 9.83. The molecule has 4 aromatic rings. The minimum absolute atomic E-state index is 0.209. The number of anilines is 2. The van der Waals surface area contributed by atoms with Gasteiger partial charge in [-0.15, -0.1) is 0 Å². The molecule has 3 unspecified atom stereocenters. The van der Waals surface area contributed by atoms with Crippen molar-refractivity contribution in [1.29, 1.82) is 0 Å². The average molecular weight is 683 g/mol. The van der Waals surface area contributed by atoms with Crippen molar-refractivity contribution >= 4 is 81.4 Å². The summed E-state index contributed by atoms with van der Waals surface area (Å²) in [6.45, 7) is 3.52. The van der Waals surface area contributed by atoms with Crippen LogP contribution in [0.2, 0.25) is 10.0 Å². The predicted octanol–water partition coefficient (Wildman–Crippen LogP) is 6.14. The van der Waals surface area contributed by atoms with Crippen LogP contribution < -0.4 is 15.1 Å². The topological polar surface area (TPSA) is 115 Å². The SMILES string of the molecule is CCOC(=O)c1ccc(N2C(=O)C3Sc4c(sc(=O)n4CC(=O)Nc4cccc(C)c4)C(c4cccc(Cl)c4Cl)C3C2=O)cc1. The van der Waals surface area contributed by atoms with Crippen LogP contribution in [0.25, 0.3) is 0 Å². The summed E-state index contributed by atoms with van der Waals surface area (Å²) in [7, 11) is 0. The number of hydrogen-bond donors (Lipinski definition) is 1. The largest absolute Gasteiger partial charge is 0.462 e. The van der Waals surface area contributed by atoms with Crippen molar-refractivity contribution in [2.45, 2.75) is 36.6 Å². The summed E-state index contributed by atoms with van der Waals surface area (Å²) in [6.07, 6.45) is 0. The summed E-state index contributed by atoms with van der Waals surface area (Å²) < 4.78 is 6.38. The molecular formula is C32H25Cl2N3O6S2. The highest BCUT2D eigenvalue weighted by Gasteiger charge is 2.57. The molecule has 1 aromatic heterocycles. The van der Waals surface area contributed by atoms with Crippen LogP contribution in [-0.2, 0) is 25.7 Å². The molecule has 1 fully saturated rings. The molecule has 9 nitrogen and oxygen atoms in total. The lowest BCUT2D eigenvalue weighted by Crippen LogP contribution is -2.33. The normalized spacial score (nSPS) is 18.8. The van der Waals surface area contributed by atoms with E-state index in [9.17, 15) is 24.0 Å². The van der Waals surface area contributed by atoms with Gasteiger partial charge in [-0.1, -0.05) is 70.6 Å². The van der Waals surface area contributed by atoms with Gasteiger partial charge >= 0.3 is 10.8 Å². The molecule has 0 bridgehead atoms. The zero-order valence-electron chi connectivity index (χ0n) is 23.9. The number of amides is 3. The third-order valence-electron chi connectivity index (χ3n) is 7.61. The Morgan fingerprint density at radius 3 is 2.42 bits per heavy atom. The fraction of sp³-hybridized carbons (Fsp3) is 0.219. The number of carbonyl (C=O) groups excluding carboxylic acids is 4. The van der Waals surface area contributed by atoms with Crippen LogP contribution in [-0.4, -0.2) is 40.1 Å². The fourth-order valence-corrected chi connectivity index (χ4v) is 8.82. The number of aryl methyl sites for hydroxylation is 1. The van der Waals surface area contributed by atoms with Crippen molar-refractivity contribution < 1.29 is 23.9 Å². The first kappa shape index (κ1) is 31.1. The zero-order chi connectivity index (χ0) is 32.0. The van der Waals surface area contributed by atoms with Gasteiger partial charge in [0.25, 0.3) is 0 Å². The van der Waals surface area contributed by atoms with Crippen LogP contribution in [0.1, 0.15) is 39.2 Å². The van der Waals surface area contributed by atoms with E-state index >= 15 is 0 Å². The molecule has 0 aliphatic carbocycles. The number of ether oxygens (including phenoxy) is 1. The fourth-order valence-electron chi connectivity index (χ4n) is 5.63. The minimum Gasteiger partial charge on any atom is -0.462 e. The quantitative estimate of drug-likeness (QED) is 0.184. The number of nitrogens with one attached hydrogen (secondary N) is 1. The van der Waals surface area contributed by atoms with Gasteiger partial charge in [-0.05, 0) is 67.4 Å². The number of nitrogens with zero attached hydrogens (tertiary/aromatic N) is 2. The maximum atomic E-state index is 14.1. The van der Waals surface area contributed by atoms with E-state index in [1.165, 1.54) is 28.8 Å². The maximum Gasteiger partial charge on any atom is 0.338 e. The van der Waals surface area contributed by atoms with Crippen LogP contribution in [0, 0.1) is 12.8 Å². The molecule has 2 aliphatic rings. The summed E-state index contributed by atoms with van der Waals surface area (Å²) in [5, 5.41) is 2.80. The van der Waals surface area contributed by atoms with E-state index < -0.39 is 45.6 Å². The molecule has 0 spiro atoms. The smallest absolute Gasteiger partial charge is 0.338 e. The van der Waals surface area contributed by atoms with E-state index in [2.05, 4.69) is 5.32 Å². The Balaban J connectivity index is 1.40. The number of imide groups is 1. The Hall–Kier alpha value is -3.90. The van der Waals surface area contributed by atoms with Crippen molar-refractivity contribution in [1.82, 2.24) is 4.57 Å². The van der Waals surface area contributed by atoms with Crippen LogP contribution in [0.5, 0.6) is 0 Å². The molecule has 230 valence electrons. The number of thiazole rings is 1. The molecule has 2 aliphatic heterocycles. The Kier molecular flexibility index (Phi) is 8.62. The van der Waals surface area contributed by atoms with Gasteiger partial charge in [-0.3, -0.25) is 23.7 Å². The standard InChI is InChI=1S/C32H25Cl2N3O6S2/c1-3-43-31(41)17-10-12-19(13-11-17)37-28(39)24-23(20-8-5-9-21(33)25(20)34)27-30(44-26(24)29(37)40)36(32(42)45-27)15-22(38)35-18-7-4-6-16(2)14-18/h4-14,23-24,26H,3,15H2,1-2H3,(H,35,38). The maximum absolute atomic E-state index is 14.1. The average Bonchev–Trinajstić information content (AvgIpc) is 3.45. The second kappa shape index (κ2) is 12.5. The second-order valence-electron chi connectivity index (χ2n) is 10.5. The molecule has 3 amide bonds. The van der Waals surface area contributed by atoms with E-state index in [0.717, 1.165) is 33.6 Å². The number of hydrogen-bond acceptors (Lipinski definition) is 8. The van der Waals surface area contributed by atoms with Crippen molar-refractivity contribution in [3.63, 3.8) is 0 Å². The van der Waals surface area contributed by atoms with E-state index in [4.69, 9.17) is 27.9 Å².